The number of carbonyl (C=O) groups is 1. The minimum Gasteiger partial charge on any atom is -0.481 e. The molecule has 1 aliphatic carbocycles. The first-order chi connectivity index (χ1) is 13.1. The smallest absolute Gasteiger partial charge is 0.303 e. The summed E-state index contributed by atoms with van der Waals surface area (Å²) < 4.78 is 27.3. The van der Waals surface area contributed by atoms with Gasteiger partial charge in [0, 0.05) is 25.1 Å². The zero-order valence-electron chi connectivity index (χ0n) is 15.6. The largest absolute Gasteiger partial charge is 0.481 e. The molecule has 3 aliphatic rings. The summed E-state index contributed by atoms with van der Waals surface area (Å²) in [6.07, 6.45) is -2.68. The fourth-order valence-corrected chi connectivity index (χ4v) is 4.63. The van der Waals surface area contributed by atoms with E-state index in [1.165, 1.54) is 6.07 Å². The standard InChI is InChI=1S/C19H22F2N4O3/c1-9-19(2,28)8-25(9)18-12(5-22)11(17(20)21)3-15(23-18)24-6-13-10(4-16(26)27)14(13)7-24/h3,9-10,13-14,17,28H,4,6-8H2,1-2H3,(H,26,27)/t9-,10?,13?,14?,19+/m0/s1. The number of hydrogen-bond donors (Lipinski definition) is 2. The molecule has 2 aliphatic heterocycles. The molecule has 28 heavy (non-hydrogen) atoms. The van der Waals surface area contributed by atoms with Crippen LogP contribution in [-0.4, -0.2) is 52.4 Å². The third-order valence-electron chi connectivity index (χ3n) is 6.60. The number of hydrogen-bond acceptors (Lipinski definition) is 6. The van der Waals surface area contributed by atoms with E-state index in [2.05, 4.69) is 4.98 Å². The Hall–Kier alpha value is -2.47. The number of halogens is 2. The number of fused-ring (bicyclic) bond motifs is 1. The van der Waals surface area contributed by atoms with Gasteiger partial charge in [0.1, 0.15) is 23.3 Å². The van der Waals surface area contributed by atoms with Crippen LogP contribution in [0.3, 0.4) is 0 Å². The highest BCUT2D eigenvalue weighted by atomic mass is 19.3. The molecule has 1 aromatic heterocycles. The summed E-state index contributed by atoms with van der Waals surface area (Å²) in [4.78, 5) is 19.0. The summed E-state index contributed by atoms with van der Waals surface area (Å²) >= 11 is 0. The first-order valence-electron chi connectivity index (χ1n) is 9.33. The highest BCUT2D eigenvalue weighted by Crippen LogP contribution is 2.54. The molecule has 2 saturated heterocycles. The number of pyridine rings is 1. The number of carboxylic acid groups (broad SMARTS) is 1. The number of nitriles is 1. The maximum absolute atomic E-state index is 13.7. The van der Waals surface area contributed by atoms with Crippen molar-refractivity contribution >= 4 is 17.6 Å². The molecule has 7 nitrogen and oxygen atoms in total. The Bertz CT molecular complexity index is 857. The van der Waals surface area contributed by atoms with Gasteiger partial charge >= 0.3 is 5.97 Å². The van der Waals surface area contributed by atoms with Crippen LogP contribution in [0, 0.1) is 29.1 Å². The van der Waals surface area contributed by atoms with Crippen molar-refractivity contribution in [3.05, 3.63) is 17.2 Å². The number of piperidine rings is 1. The van der Waals surface area contributed by atoms with Gasteiger partial charge in [-0.05, 0) is 37.7 Å². The molecule has 3 heterocycles. The van der Waals surface area contributed by atoms with Crippen molar-refractivity contribution < 1.29 is 23.8 Å². The van der Waals surface area contributed by atoms with E-state index in [1.807, 2.05) is 11.0 Å². The Morgan fingerprint density at radius 2 is 2.11 bits per heavy atom. The summed E-state index contributed by atoms with van der Waals surface area (Å²) in [5.41, 5.74) is -1.48. The van der Waals surface area contributed by atoms with Crippen LogP contribution in [0.2, 0.25) is 0 Å². The molecule has 1 aromatic rings. The summed E-state index contributed by atoms with van der Waals surface area (Å²) in [6.45, 7) is 4.80. The van der Waals surface area contributed by atoms with Crippen LogP contribution in [0.4, 0.5) is 20.4 Å². The average molecular weight is 392 g/mol. The zero-order chi connectivity index (χ0) is 20.4. The molecule has 0 spiro atoms. The SMILES string of the molecule is C[C@@H]1N(c2nc(N3CC4C(CC(=O)O)C4C3)cc(C(F)F)c2C#N)C[C@@]1(C)O. The molecular formula is C19H22F2N4O3. The van der Waals surface area contributed by atoms with E-state index in [-0.39, 0.29) is 53.7 Å². The number of aromatic nitrogens is 1. The summed E-state index contributed by atoms with van der Waals surface area (Å²) in [5.74, 6) is 0.378. The van der Waals surface area contributed by atoms with Gasteiger partial charge < -0.3 is 20.0 Å². The number of nitrogens with zero attached hydrogens (tertiary/aromatic N) is 4. The van der Waals surface area contributed by atoms with Crippen molar-refractivity contribution in [2.24, 2.45) is 17.8 Å². The summed E-state index contributed by atoms with van der Waals surface area (Å²) in [7, 11) is 0. The minimum atomic E-state index is -2.82. The van der Waals surface area contributed by atoms with Gasteiger partial charge in [0.15, 0.2) is 0 Å². The second kappa shape index (κ2) is 6.27. The molecule has 1 saturated carbocycles. The van der Waals surface area contributed by atoms with Gasteiger partial charge in [-0.15, -0.1) is 0 Å². The molecule has 0 radical (unpaired) electrons. The Labute approximate surface area is 161 Å². The highest BCUT2D eigenvalue weighted by molar-refractivity contribution is 5.68. The van der Waals surface area contributed by atoms with E-state index in [0.29, 0.717) is 18.9 Å². The fraction of sp³-hybridized carbons (Fsp3) is 0.632. The van der Waals surface area contributed by atoms with E-state index < -0.39 is 18.0 Å². The third kappa shape index (κ3) is 2.87. The lowest BCUT2D eigenvalue weighted by Gasteiger charge is -2.52. The predicted octanol–water partition coefficient (Wildman–Crippen LogP) is 2.01. The van der Waals surface area contributed by atoms with Crippen molar-refractivity contribution in [3.8, 4) is 6.07 Å². The topological polar surface area (TPSA) is 101 Å². The Morgan fingerprint density at radius 1 is 1.46 bits per heavy atom. The van der Waals surface area contributed by atoms with Gasteiger partial charge in [-0.25, -0.2) is 13.8 Å². The number of carboxylic acids is 1. The molecule has 150 valence electrons. The molecule has 4 atom stereocenters. The van der Waals surface area contributed by atoms with Crippen molar-refractivity contribution in [2.45, 2.75) is 38.3 Å². The van der Waals surface area contributed by atoms with Crippen molar-refractivity contribution in [1.29, 1.82) is 5.26 Å². The van der Waals surface area contributed by atoms with Crippen LogP contribution >= 0.6 is 0 Å². The van der Waals surface area contributed by atoms with Crippen LogP contribution in [0.15, 0.2) is 6.07 Å². The molecule has 0 amide bonds. The second-order valence-corrected chi connectivity index (χ2v) is 8.34. The number of anilines is 2. The third-order valence-corrected chi connectivity index (χ3v) is 6.60. The lowest BCUT2D eigenvalue weighted by Crippen LogP contribution is -2.67. The van der Waals surface area contributed by atoms with Crippen LogP contribution < -0.4 is 9.80 Å². The monoisotopic (exact) mass is 392 g/mol. The van der Waals surface area contributed by atoms with E-state index >= 15 is 0 Å². The van der Waals surface area contributed by atoms with Crippen LogP contribution in [0.1, 0.15) is 37.8 Å². The van der Waals surface area contributed by atoms with E-state index in [0.717, 1.165) is 0 Å². The molecule has 0 aromatic carbocycles. The van der Waals surface area contributed by atoms with Gasteiger partial charge in [0.05, 0.1) is 18.2 Å². The van der Waals surface area contributed by atoms with Gasteiger partial charge in [-0.2, -0.15) is 5.26 Å². The van der Waals surface area contributed by atoms with E-state index in [4.69, 9.17) is 5.11 Å². The van der Waals surface area contributed by atoms with E-state index in [1.54, 1.807) is 18.7 Å². The number of β-amino-alcohol motifs (C(OH)–C–C–N with tert-alkyl or cyclic N) is 1. The van der Waals surface area contributed by atoms with Crippen molar-refractivity contribution in [2.75, 3.05) is 29.4 Å². The lowest BCUT2D eigenvalue weighted by molar-refractivity contribution is -0.137. The van der Waals surface area contributed by atoms with E-state index in [9.17, 15) is 23.9 Å². The summed E-state index contributed by atoms with van der Waals surface area (Å²) in [6, 6.07) is 2.78. The molecule has 0 bridgehead atoms. The number of aliphatic carboxylic acids is 1. The average Bonchev–Trinajstić information content (AvgIpc) is 3.06. The molecule has 9 heteroatoms. The maximum Gasteiger partial charge on any atom is 0.303 e. The van der Waals surface area contributed by atoms with Crippen LogP contribution in [-0.2, 0) is 4.79 Å². The predicted molar refractivity (Wildman–Crippen MR) is 96.3 cm³/mol. The fourth-order valence-electron chi connectivity index (χ4n) is 4.63. The van der Waals surface area contributed by atoms with Crippen molar-refractivity contribution in [1.82, 2.24) is 4.98 Å². The van der Waals surface area contributed by atoms with Crippen LogP contribution in [0.5, 0.6) is 0 Å². The van der Waals surface area contributed by atoms with Crippen molar-refractivity contribution in [3.63, 3.8) is 0 Å². The Kier molecular flexibility index (Phi) is 4.23. The first kappa shape index (κ1) is 18.9. The van der Waals surface area contributed by atoms with Gasteiger partial charge in [-0.3, -0.25) is 4.79 Å². The van der Waals surface area contributed by atoms with Gasteiger partial charge in [0.25, 0.3) is 6.43 Å². The lowest BCUT2D eigenvalue weighted by atomic mass is 9.86. The quantitative estimate of drug-likeness (QED) is 0.790. The number of aliphatic hydroxyl groups is 1. The summed E-state index contributed by atoms with van der Waals surface area (Å²) in [5, 5.41) is 28.6. The Morgan fingerprint density at radius 3 is 2.57 bits per heavy atom. The maximum atomic E-state index is 13.7. The molecular weight excluding hydrogens is 370 g/mol. The second-order valence-electron chi connectivity index (χ2n) is 8.34. The molecule has 3 fully saturated rings. The molecule has 2 N–H and O–H groups in total. The van der Waals surface area contributed by atoms with Gasteiger partial charge in [-0.1, -0.05) is 0 Å². The van der Waals surface area contributed by atoms with Crippen LogP contribution in [0.25, 0.3) is 0 Å². The Balaban J connectivity index is 1.63. The molecule has 4 rings (SSSR count). The highest BCUT2D eigenvalue weighted by Gasteiger charge is 2.56. The minimum absolute atomic E-state index is 0.137. The zero-order valence-corrected chi connectivity index (χ0v) is 15.6. The molecule has 2 unspecified atom stereocenters. The normalized spacial score (nSPS) is 33.5. The number of rotatable bonds is 5. The first-order valence-corrected chi connectivity index (χ1v) is 9.33. The van der Waals surface area contributed by atoms with Gasteiger partial charge in [0.2, 0.25) is 0 Å². The number of alkyl halides is 2.